The summed E-state index contributed by atoms with van der Waals surface area (Å²) in [6.07, 6.45) is 4.53. The Morgan fingerprint density at radius 2 is 2.33 bits per heavy atom. The van der Waals surface area contributed by atoms with Crippen LogP contribution >= 0.6 is 15.9 Å². The second-order valence-corrected chi connectivity index (χ2v) is 5.35. The molecule has 0 amide bonds. The minimum absolute atomic E-state index is 0.0729. The standard InChI is InChI=1S/C12H14BrN3O2/c1-15-10-8(13)5-6-14-11(10)16(12(15)17)9-4-2-3-7-18-9/h5-6,9H,2-4,7H2,1H3. The molecule has 6 heteroatoms. The summed E-state index contributed by atoms with van der Waals surface area (Å²) in [6.45, 7) is 0.710. The third-order valence-corrected chi connectivity index (χ3v) is 4.00. The molecule has 96 valence electrons. The van der Waals surface area contributed by atoms with Crippen molar-refractivity contribution in [2.24, 2.45) is 7.05 Å². The lowest BCUT2D eigenvalue weighted by molar-refractivity contribution is -0.0319. The Hall–Kier alpha value is -1.14. The van der Waals surface area contributed by atoms with Gasteiger partial charge >= 0.3 is 5.69 Å². The van der Waals surface area contributed by atoms with Gasteiger partial charge in [0, 0.05) is 24.3 Å². The van der Waals surface area contributed by atoms with Gasteiger partial charge in [-0.25, -0.2) is 14.3 Å². The summed E-state index contributed by atoms with van der Waals surface area (Å²) in [6, 6.07) is 1.84. The quantitative estimate of drug-likeness (QED) is 0.811. The van der Waals surface area contributed by atoms with Gasteiger partial charge in [0.2, 0.25) is 0 Å². The van der Waals surface area contributed by atoms with Crippen LogP contribution in [-0.2, 0) is 11.8 Å². The van der Waals surface area contributed by atoms with Gasteiger partial charge in [-0.15, -0.1) is 0 Å². The first-order valence-corrected chi connectivity index (χ1v) is 6.82. The van der Waals surface area contributed by atoms with Gasteiger partial charge < -0.3 is 4.74 Å². The highest BCUT2D eigenvalue weighted by Crippen LogP contribution is 2.27. The SMILES string of the molecule is Cn1c(=O)n(C2CCCCO2)c2nccc(Br)c21. The molecule has 3 rings (SSSR count). The molecule has 0 aliphatic carbocycles. The average Bonchev–Trinajstić information content (AvgIpc) is 2.64. The highest BCUT2D eigenvalue weighted by atomic mass is 79.9. The van der Waals surface area contributed by atoms with Crippen molar-refractivity contribution in [1.29, 1.82) is 0 Å². The van der Waals surface area contributed by atoms with Crippen molar-refractivity contribution in [3.05, 3.63) is 27.2 Å². The van der Waals surface area contributed by atoms with E-state index in [9.17, 15) is 4.79 Å². The number of hydrogen-bond donors (Lipinski definition) is 0. The highest BCUT2D eigenvalue weighted by molar-refractivity contribution is 9.10. The Morgan fingerprint density at radius 3 is 3.06 bits per heavy atom. The van der Waals surface area contributed by atoms with E-state index >= 15 is 0 Å². The summed E-state index contributed by atoms with van der Waals surface area (Å²) < 4.78 is 9.86. The molecule has 0 N–H and O–H groups in total. The lowest BCUT2D eigenvalue weighted by atomic mass is 10.2. The summed E-state index contributed by atoms with van der Waals surface area (Å²) in [4.78, 5) is 16.7. The van der Waals surface area contributed by atoms with E-state index in [4.69, 9.17) is 4.74 Å². The zero-order valence-corrected chi connectivity index (χ0v) is 11.7. The molecule has 2 aromatic heterocycles. The van der Waals surface area contributed by atoms with Gasteiger partial charge in [-0.2, -0.15) is 0 Å². The van der Waals surface area contributed by atoms with Crippen molar-refractivity contribution in [3.8, 4) is 0 Å². The van der Waals surface area contributed by atoms with E-state index in [0.717, 1.165) is 29.3 Å². The number of pyridine rings is 1. The number of nitrogens with zero attached hydrogens (tertiary/aromatic N) is 3. The van der Waals surface area contributed by atoms with Crippen LogP contribution in [0.1, 0.15) is 25.5 Å². The van der Waals surface area contributed by atoms with Gasteiger partial charge in [0.15, 0.2) is 5.65 Å². The van der Waals surface area contributed by atoms with Gasteiger partial charge in [-0.1, -0.05) is 0 Å². The first-order chi connectivity index (χ1) is 8.70. The Labute approximate surface area is 113 Å². The van der Waals surface area contributed by atoms with Crippen LogP contribution in [-0.4, -0.2) is 20.7 Å². The molecule has 1 aliphatic heterocycles. The normalized spacial score (nSPS) is 20.4. The van der Waals surface area contributed by atoms with E-state index in [1.165, 1.54) is 0 Å². The van der Waals surface area contributed by atoms with E-state index in [-0.39, 0.29) is 11.9 Å². The maximum absolute atomic E-state index is 12.3. The van der Waals surface area contributed by atoms with E-state index in [2.05, 4.69) is 20.9 Å². The number of imidazole rings is 1. The molecule has 0 saturated carbocycles. The predicted octanol–water partition coefficient (Wildman–Crippen LogP) is 2.20. The number of aryl methyl sites for hydroxylation is 1. The first kappa shape index (κ1) is 11.9. The van der Waals surface area contributed by atoms with E-state index in [0.29, 0.717) is 12.3 Å². The Balaban J connectivity index is 2.25. The molecule has 0 aromatic carbocycles. The molecule has 1 saturated heterocycles. The highest BCUT2D eigenvalue weighted by Gasteiger charge is 2.23. The van der Waals surface area contributed by atoms with Gasteiger partial charge in [-0.05, 0) is 41.3 Å². The molecule has 1 unspecified atom stereocenters. The maximum atomic E-state index is 12.3. The molecular weight excluding hydrogens is 298 g/mol. The fourth-order valence-electron chi connectivity index (χ4n) is 2.44. The molecule has 2 aromatic rings. The van der Waals surface area contributed by atoms with Crippen LogP contribution in [0, 0.1) is 0 Å². The summed E-state index contributed by atoms with van der Waals surface area (Å²) in [5, 5.41) is 0. The number of ether oxygens (including phenoxy) is 1. The van der Waals surface area contributed by atoms with E-state index in [1.54, 1.807) is 22.4 Å². The molecule has 0 bridgehead atoms. The molecule has 1 aliphatic rings. The maximum Gasteiger partial charge on any atom is 0.332 e. The monoisotopic (exact) mass is 311 g/mol. The smallest absolute Gasteiger partial charge is 0.332 e. The second kappa shape index (κ2) is 4.51. The van der Waals surface area contributed by atoms with Crippen LogP contribution in [0.15, 0.2) is 21.5 Å². The van der Waals surface area contributed by atoms with Gasteiger partial charge in [0.1, 0.15) is 11.7 Å². The van der Waals surface area contributed by atoms with Gasteiger partial charge in [0.05, 0.1) is 0 Å². The lowest BCUT2D eigenvalue weighted by Gasteiger charge is -2.23. The predicted molar refractivity (Wildman–Crippen MR) is 71.5 cm³/mol. The molecule has 3 heterocycles. The summed E-state index contributed by atoms with van der Waals surface area (Å²) in [7, 11) is 1.76. The van der Waals surface area contributed by atoms with Crippen molar-refractivity contribution in [2.75, 3.05) is 6.61 Å². The van der Waals surface area contributed by atoms with E-state index in [1.807, 2.05) is 6.07 Å². The molecule has 1 atom stereocenters. The van der Waals surface area contributed by atoms with E-state index < -0.39 is 0 Å². The zero-order valence-electron chi connectivity index (χ0n) is 10.1. The number of aromatic nitrogens is 3. The van der Waals surface area contributed by atoms with Crippen molar-refractivity contribution >= 4 is 27.1 Å². The Bertz CT molecular complexity index is 641. The van der Waals surface area contributed by atoms with Gasteiger partial charge in [-0.3, -0.25) is 4.57 Å². The summed E-state index contributed by atoms with van der Waals surface area (Å²) >= 11 is 3.47. The number of hydrogen-bond acceptors (Lipinski definition) is 3. The second-order valence-electron chi connectivity index (χ2n) is 4.50. The van der Waals surface area contributed by atoms with Crippen LogP contribution in [0.3, 0.4) is 0 Å². The molecule has 0 radical (unpaired) electrons. The first-order valence-electron chi connectivity index (χ1n) is 6.03. The Kier molecular flexibility index (Phi) is 2.99. The minimum atomic E-state index is -0.184. The van der Waals surface area contributed by atoms with Crippen molar-refractivity contribution in [1.82, 2.24) is 14.1 Å². The Morgan fingerprint density at radius 1 is 1.50 bits per heavy atom. The minimum Gasteiger partial charge on any atom is -0.358 e. The summed E-state index contributed by atoms with van der Waals surface area (Å²) in [5.74, 6) is 0. The fourth-order valence-corrected chi connectivity index (χ4v) is 3.00. The zero-order chi connectivity index (χ0) is 12.7. The van der Waals surface area contributed by atoms with Crippen LogP contribution < -0.4 is 5.69 Å². The van der Waals surface area contributed by atoms with Crippen LogP contribution in [0.25, 0.3) is 11.2 Å². The average molecular weight is 312 g/mol. The van der Waals surface area contributed by atoms with Crippen LogP contribution in [0.2, 0.25) is 0 Å². The number of rotatable bonds is 1. The van der Waals surface area contributed by atoms with Gasteiger partial charge in [0.25, 0.3) is 0 Å². The number of fused-ring (bicyclic) bond motifs is 1. The van der Waals surface area contributed by atoms with Crippen molar-refractivity contribution in [3.63, 3.8) is 0 Å². The topological polar surface area (TPSA) is 49.0 Å². The molecule has 5 nitrogen and oxygen atoms in total. The summed E-state index contributed by atoms with van der Waals surface area (Å²) in [5.41, 5.74) is 1.43. The molecular formula is C12H14BrN3O2. The lowest BCUT2D eigenvalue weighted by Crippen LogP contribution is -2.29. The number of halogens is 1. The molecule has 18 heavy (non-hydrogen) atoms. The van der Waals surface area contributed by atoms with Crippen molar-refractivity contribution in [2.45, 2.75) is 25.5 Å². The van der Waals surface area contributed by atoms with Crippen LogP contribution in [0.4, 0.5) is 0 Å². The largest absolute Gasteiger partial charge is 0.358 e. The fraction of sp³-hybridized carbons (Fsp3) is 0.500. The van der Waals surface area contributed by atoms with Crippen LogP contribution in [0.5, 0.6) is 0 Å². The van der Waals surface area contributed by atoms with Crippen molar-refractivity contribution < 1.29 is 4.74 Å². The molecule has 1 fully saturated rings. The molecule has 0 spiro atoms. The third-order valence-electron chi connectivity index (χ3n) is 3.36. The third kappa shape index (κ3) is 1.71.